The third-order valence-electron chi connectivity index (χ3n) is 3.94. The minimum absolute atomic E-state index is 0.132. The Morgan fingerprint density at radius 2 is 1.93 bits per heavy atom. The summed E-state index contributed by atoms with van der Waals surface area (Å²) in [5.41, 5.74) is 2.01. The molecule has 6 nitrogen and oxygen atoms in total. The fourth-order valence-electron chi connectivity index (χ4n) is 2.62. The molecule has 0 radical (unpaired) electrons. The summed E-state index contributed by atoms with van der Waals surface area (Å²) >= 11 is 7.21. The molecule has 0 bridgehead atoms. The van der Waals surface area contributed by atoms with E-state index in [9.17, 15) is 9.59 Å². The first kappa shape index (κ1) is 17.4. The smallest absolute Gasteiger partial charge is 0.261 e. The number of para-hydroxylation sites is 1. The van der Waals surface area contributed by atoms with Gasteiger partial charge in [-0.25, -0.2) is 9.97 Å². The number of hydrogen-bond donors (Lipinski definition) is 1. The lowest BCUT2D eigenvalue weighted by Crippen LogP contribution is -2.27. The molecule has 0 aliphatic rings. The Hall–Kier alpha value is -3.03. The van der Waals surface area contributed by atoms with Crippen molar-refractivity contribution in [3.05, 3.63) is 75.6 Å². The number of rotatable bonds is 4. The fraction of sp³-hybridized carbons (Fsp3) is 0.0526. The molecule has 134 valence electrons. The topological polar surface area (TPSA) is 76.9 Å². The van der Waals surface area contributed by atoms with Crippen LogP contribution in [0.2, 0.25) is 5.02 Å². The van der Waals surface area contributed by atoms with E-state index >= 15 is 0 Å². The maximum absolute atomic E-state index is 12.5. The summed E-state index contributed by atoms with van der Waals surface area (Å²) < 4.78 is 1.28. The molecule has 0 aliphatic carbocycles. The van der Waals surface area contributed by atoms with Gasteiger partial charge in [0, 0.05) is 16.0 Å². The molecule has 1 amide bonds. The number of nitrogens with zero attached hydrogens (tertiary/aromatic N) is 3. The summed E-state index contributed by atoms with van der Waals surface area (Å²) in [5.74, 6) is -0.341. The van der Waals surface area contributed by atoms with Gasteiger partial charge in [0.25, 0.3) is 5.56 Å². The molecule has 1 N–H and O–H groups in total. The van der Waals surface area contributed by atoms with Crippen molar-refractivity contribution in [2.75, 3.05) is 5.32 Å². The van der Waals surface area contributed by atoms with Gasteiger partial charge in [-0.15, -0.1) is 11.3 Å². The Morgan fingerprint density at radius 1 is 1.15 bits per heavy atom. The van der Waals surface area contributed by atoms with Gasteiger partial charge in [-0.05, 0) is 24.3 Å². The number of amides is 1. The van der Waals surface area contributed by atoms with E-state index in [0.29, 0.717) is 21.1 Å². The molecule has 4 aromatic rings. The number of carbonyl (C=O) groups excluding carboxylic acids is 1. The van der Waals surface area contributed by atoms with Crippen LogP contribution in [0.5, 0.6) is 0 Å². The van der Waals surface area contributed by atoms with Crippen LogP contribution in [-0.2, 0) is 11.3 Å². The van der Waals surface area contributed by atoms with E-state index in [-0.39, 0.29) is 18.0 Å². The Labute approximate surface area is 163 Å². The van der Waals surface area contributed by atoms with E-state index in [1.807, 2.05) is 23.6 Å². The number of benzene rings is 2. The van der Waals surface area contributed by atoms with Gasteiger partial charge in [0.15, 0.2) is 5.13 Å². The average molecular weight is 397 g/mol. The SMILES string of the molecule is O=C(Cn1cnc2ccccc2c1=O)Nc1nc(-c2ccc(Cl)cc2)cs1. The van der Waals surface area contributed by atoms with Gasteiger partial charge in [0.2, 0.25) is 5.91 Å². The molecule has 0 saturated heterocycles. The summed E-state index contributed by atoms with van der Waals surface area (Å²) in [6.45, 7) is -0.132. The third kappa shape index (κ3) is 3.74. The lowest BCUT2D eigenvalue weighted by molar-refractivity contribution is -0.116. The summed E-state index contributed by atoms with van der Waals surface area (Å²) in [6.07, 6.45) is 1.38. The lowest BCUT2D eigenvalue weighted by Gasteiger charge is -2.06. The maximum Gasteiger partial charge on any atom is 0.261 e. The molecule has 2 aromatic carbocycles. The second kappa shape index (κ2) is 7.30. The molecule has 0 fully saturated rings. The maximum atomic E-state index is 12.5. The average Bonchev–Trinajstić information content (AvgIpc) is 3.13. The summed E-state index contributed by atoms with van der Waals surface area (Å²) in [4.78, 5) is 33.4. The van der Waals surface area contributed by atoms with Crippen molar-refractivity contribution in [3.8, 4) is 11.3 Å². The van der Waals surface area contributed by atoms with Gasteiger partial charge >= 0.3 is 0 Å². The normalized spacial score (nSPS) is 10.9. The number of aromatic nitrogens is 3. The van der Waals surface area contributed by atoms with Gasteiger partial charge in [-0.2, -0.15) is 0 Å². The second-order valence-corrected chi connectivity index (χ2v) is 7.08. The van der Waals surface area contributed by atoms with Gasteiger partial charge in [0.1, 0.15) is 6.54 Å². The molecule has 0 atom stereocenters. The Morgan fingerprint density at radius 3 is 2.74 bits per heavy atom. The van der Waals surface area contributed by atoms with Crippen LogP contribution in [0.1, 0.15) is 0 Å². The van der Waals surface area contributed by atoms with Crippen LogP contribution in [0, 0.1) is 0 Å². The van der Waals surface area contributed by atoms with Gasteiger partial charge in [-0.3, -0.25) is 14.2 Å². The highest BCUT2D eigenvalue weighted by Crippen LogP contribution is 2.25. The Balaban J connectivity index is 1.49. The van der Waals surface area contributed by atoms with Crippen LogP contribution >= 0.6 is 22.9 Å². The molecule has 2 heterocycles. The van der Waals surface area contributed by atoms with Crippen LogP contribution in [0.25, 0.3) is 22.2 Å². The molecule has 0 saturated carbocycles. The quantitative estimate of drug-likeness (QED) is 0.569. The molecular formula is C19H13ClN4O2S. The molecule has 0 unspecified atom stereocenters. The van der Waals surface area contributed by atoms with Crippen molar-refractivity contribution >= 4 is 44.9 Å². The minimum Gasteiger partial charge on any atom is -0.300 e. The lowest BCUT2D eigenvalue weighted by atomic mass is 10.2. The van der Waals surface area contributed by atoms with E-state index in [1.165, 1.54) is 22.2 Å². The van der Waals surface area contributed by atoms with Crippen molar-refractivity contribution < 1.29 is 4.79 Å². The van der Waals surface area contributed by atoms with E-state index in [1.54, 1.807) is 30.3 Å². The molecule has 8 heteroatoms. The van der Waals surface area contributed by atoms with Crippen molar-refractivity contribution in [3.63, 3.8) is 0 Å². The van der Waals surface area contributed by atoms with E-state index in [4.69, 9.17) is 11.6 Å². The number of hydrogen-bond acceptors (Lipinski definition) is 5. The van der Waals surface area contributed by atoms with Crippen LogP contribution in [0.3, 0.4) is 0 Å². The first-order valence-electron chi connectivity index (χ1n) is 8.06. The summed E-state index contributed by atoms with van der Waals surface area (Å²) in [6, 6.07) is 14.3. The van der Waals surface area contributed by atoms with Gasteiger partial charge in [-0.1, -0.05) is 35.9 Å². The molecule has 4 rings (SSSR count). The standard InChI is InChI=1S/C19H13ClN4O2S/c20-13-7-5-12(6-8-13)16-10-27-19(22-16)23-17(25)9-24-11-21-15-4-2-1-3-14(15)18(24)26/h1-8,10-11H,9H2,(H,22,23,25). The minimum atomic E-state index is -0.341. The van der Waals surface area contributed by atoms with E-state index in [2.05, 4.69) is 15.3 Å². The monoisotopic (exact) mass is 396 g/mol. The first-order valence-corrected chi connectivity index (χ1v) is 9.31. The predicted octanol–water partition coefficient (Wildman–Crippen LogP) is 3.81. The molecule has 0 aliphatic heterocycles. The number of halogens is 1. The predicted molar refractivity (Wildman–Crippen MR) is 107 cm³/mol. The zero-order valence-corrected chi connectivity index (χ0v) is 15.5. The van der Waals surface area contributed by atoms with Crippen molar-refractivity contribution in [2.24, 2.45) is 0 Å². The Kier molecular flexibility index (Phi) is 4.70. The van der Waals surface area contributed by atoms with Crippen LogP contribution in [0.15, 0.2) is 65.0 Å². The van der Waals surface area contributed by atoms with Crippen LogP contribution in [-0.4, -0.2) is 20.4 Å². The van der Waals surface area contributed by atoms with Crippen LogP contribution in [0.4, 0.5) is 5.13 Å². The second-order valence-electron chi connectivity index (χ2n) is 5.79. The Bertz CT molecular complexity index is 1180. The largest absolute Gasteiger partial charge is 0.300 e. The zero-order valence-electron chi connectivity index (χ0n) is 13.9. The number of fused-ring (bicyclic) bond motifs is 1. The molecule has 2 aromatic heterocycles. The highest BCUT2D eigenvalue weighted by atomic mass is 35.5. The van der Waals surface area contributed by atoms with Crippen molar-refractivity contribution in [2.45, 2.75) is 6.54 Å². The summed E-state index contributed by atoms with van der Waals surface area (Å²) in [5, 5.41) is 6.17. The van der Waals surface area contributed by atoms with Crippen molar-refractivity contribution in [1.29, 1.82) is 0 Å². The number of nitrogens with one attached hydrogen (secondary N) is 1. The first-order chi connectivity index (χ1) is 13.1. The van der Waals surface area contributed by atoms with Gasteiger partial charge in [0.05, 0.1) is 22.9 Å². The summed E-state index contributed by atoms with van der Waals surface area (Å²) in [7, 11) is 0. The fourth-order valence-corrected chi connectivity index (χ4v) is 3.48. The zero-order chi connectivity index (χ0) is 18.8. The molecule has 27 heavy (non-hydrogen) atoms. The van der Waals surface area contributed by atoms with E-state index < -0.39 is 0 Å². The highest BCUT2D eigenvalue weighted by molar-refractivity contribution is 7.14. The number of anilines is 1. The molecular weight excluding hydrogens is 384 g/mol. The van der Waals surface area contributed by atoms with Gasteiger partial charge < -0.3 is 5.32 Å². The molecule has 0 spiro atoms. The van der Waals surface area contributed by atoms with Crippen LogP contribution < -0.4 is 10.9 Å². The number of thiazole rings is 1. The number of carbonyl (C=O) groups is 1. The van der Waals surface area contributed by atoms with Crippen molar-refractivity contribution in [1.82, 2.24) is 14.5 Å². The third-order valence-corrected chi connectivity index (χ3v) is 4.95. The highest BCUT2D eigenvalue weighted by Gasteiger charge is 2.11. The van der Waals surface area contributed by atoms with E-state index in [0.717, 1.165) is 11.3 Å².